The Morgan fingerprint density at radius 2 is 2.21 bits per heavy atom. The summed E-state index contributed by atoms with van der Waals surface area (Å²) in [5, 5.41) is 12.1. The summed E-state index contributed by atoms with van der Waals surface area (Å²) < 4.78 is 5.09. The van der Waals surface area contributed by atoms with Crippen molar-refractivity contribution in [3.63, 3.8) is 0 Å². The molecule has 0 saturated carbocycles. The molecule has 0 bridgehead atoms. The van der Waals surface area contributed by atoms with E-state index in [1.165, 1.54) is 12.5 Å². The lowest BCUT2D eigenvalue weighted by Crippen LogP contribution is -2.06. The van der Waals surface area contributed by atoms with Gasteiger partial charge in [-0.2, -0.15) is 0 Å². The molecule has 0 atom stereocenters. The molecule has 0 saturated heterocycles. The minimum atomic E-state index is -1.08. The van der Waals surface area contributed by atoms with E-state index in [1.807, 2.05) is 24.3 Å². The molecule has 6 heteroatoms. The molecule has 0 fully saturated rings. The van der Waals surface area contributed by atoms with Crippen molar-refractivity contribution >= 4 is 17.5 Å². The van der Waals surface area contributed by atoms with E-state index in [0.717, 1.165) is 11.3 Å². The second-order valence-electron chi connectivity index (χ2n) is 3.81. The zero-order valence-electron chi connectivity index (χ0n) is 10.3. The van der Waals surface area contributed by atoms with Crippen molar-refractivity contribution < 1.29 is 14.6 Å². The van der Waals surface area contributed by atoms with E-state index >= 15 is 0 Å². The van der Waals surface area contributed by atoms with Crippen molar-refractivity contribution in [2.24, 2.45) is 0 Å². The van der Waals surface area contributed by atoms with Gasteiger partial charge in [-0.3, -0.25) is 0 Å². The van der Waals surface area contributed by atoms with Gasteiger partial charge in [0, 0.05) is 24.6 Å². The second kappa shape index (κ2) is 5.92. The molecule has 0 radical (unpaired) electrons. The molecule has 0 spiro atoms. The van der Waals surface area contributed by atoms with Crippen LogP contribution in [-0.4, -0.2) is 28.2 Å². The molecule has 0 aliphatic heterocycles. The molecule has 1 heterocycles. The van der Waals surface area contributed by atoms with Gasteiger partial charge in [-0.25, -0.2) is 14.8 Å². The number of hydrogen-bond acceptors (Lipinski definition) is 5. The molecular weight excluding hydrogens is 246 g/mol. The summed E-state index contributed by atoms with van der Waals surface area (Å²) in [5.41, 5.74) is 1.69. The van der Waals surface area contributed by atoms with Crippen LogP contribution in [-0.2, 0) is 11.3 Å². The first-order valence-corrected chi connectivity index (χ1v) is 5.59. The predicted molar refractivity (Wildman–Crippen MR) is 69.4 cm³/mol. The van der Waals surface area contributed by atoms with Gasteiger partial charge in [0.1, 0.15) is 17.7 Å². The number of nitrogens with one attached hydrogen (secondary N) is 1. The minimum Gasteiger partial charge on any atom is -0.477 e. The van der Waals surface area contributed by atoms with Gasteiger partial charge in [0.15, 0.2) is 0 Å². The fraction of sp³-hybridized carbons (Fsp3) is 0.154. The maximum absolute atomic E-state index is 11.1. The first kappa shape index (κ1) is 13.0. The first-order chi connectivity index (χ1) is 9.22. The molecule has 0 aliphatic rings. The van der Waals surface area contributed by atoms with Gasteiger partial charge in [-0.15, -0.1) is 0 Å². The van der Waals surface area contributed by atoms with Gasteiger partial charge in [0.05, 0.1) is 6.61 Å². The summed E-state index contributed by atoms with van der Waals surface area (Å²) in [6.45, 7) is 0.427. The molecule has 0 unspecified atom stereocenters. The fourth-order valence-electron chi connectivity index (χ4n) is 1.64. The molecule has 0 amide bonds. The van der Waals surface area contributed by atoms with Crippen molar-refractivity contribution in [1.82, 2.24) is 9.97 Å². The van der Waals surface area contributed by atoms with Crippen LogP contribution in [0.1, 0.15) is 15.9 Å². The molecule has 6 nitrogen and oxygen atoms in total. The Bertz CT molecular complexity index is 587. The summed E-state index contributed by atoms with van der Waals surface area (Å²) in [4.78, 5) is 18.7. The largest absolute Gasteiger partial charge is 0.477 e. The quantitative estimate of drug-likeness (QED) is 0.855. The van der Waals surface area contributed by atoms with Crippen LogP contribution < -0.4 is 5.32 Å². The number of para-hydroxylation sites is 1. The number of carboxylic acids is 1. The highest BCUT2D eigenvalue weighted by Crippen LogP contribution is 2.22. The Hall–Kier alpha value is -2.47. The van der Waals surface area contributed by atoms with E-state index in [9.17, 15) is 4.79 Å². The van der Waals surface area contributed by atoms with E-state index < -0.39 is 5.97 Å². The minimum absolute atomic E-state index is 0.0229. The zero-order valence-corrected chi connectivity index (χ0v) is 10.3. The van der Waals surface area contributed by atoms with Crippen molar-refractivity contribution in [3.8, 4) is 0 Å². The first-order valence-electron chi connectivity index (χ1n) is 5.59. The number of rotatable bonds is 5. The van der Waals surface area contributed by atoms with Crippen LogP contribution in [0.15, 0.2) is 36.8 Å². The number of anilines is 2. The molecule has 1 aromatic heterocycles. The molecule has 1 aromatic carbocycles. The van der Waals surface area contributed by atoms with E-state index in [2.05, 4.69) is 15.3 Å². The Kier molecular flexibility index (Phi) is 4.04. The molecular formula is C13H13N3O3. The SMILES string of the molecule is COCc1ccccc1Nc1ncncc1C(=O)O. The average molecular weight is 259 g/mol. The summed E-state index contributed by atoms with van der Waals surface area (Å²) in [5.74, 6) is -0.821. The fourth-order valence-corrected chi connectivity index (χ4v) is 1.64. The Morgan fingerprint density at radius 1 is 1.42 bits per heavy atom. The highest BCUT2D eigenvalue weighted by Gasteiger charge is 2.12. The highest BCUT2D eigenvalue weighted by atomic mass is 16.5. The molecule has 19 heavy (non-hydrogen) atoms. The van der Waals surface area contributed by atoms with E-state index in [-0.39, 0.29) is 11.4 Å². The molecule has 2 rings (SSSR count). The van der Waals surface area contributed by atoms with Crippen molar-refractivity contribution in [2.75, 3.05) is 12.4 Å². The van der Waals surface area contributed by atoms with Gasteiger partial charge in [-0.1, -0.05) is 18.2 Å². The Balaban J connectivity index is 2.34. The maximum Gasteiger partial charge on any atom is 0.341 e. The number of aromatic carboxylic acids is 1. The van der Waals surface area contributed by atoms with Crippen LogP contribution in [0.2, 0.25) is 0 Å². The number of hydrogen-bond donors (Lipinski definition) is 2. The Morgan fingerprint density at radius 3 is 2.95 bits per heavy atom. The van der Waals surface area contributed by atoms with Crippen molar-refractivity contribution in [3.05, 3.63) is 47.9 Å². The van der Waals surface area contributed by atoms with Gasteiger partial charge >= 0.3 is 5.97 Å². The topological polar surface area (TPSA) is 84.3 Å². The van der Waals surface area contributed by atoms with E-state index in [0.29, 0.717) is 6.61 Å². The maximum atomic E-state index is 11.1. The zero-order chi connectivity index (χ0) is 13.7. The van der Waals surface area contributed by atoms with Crippen LogP contribution in [0.4, 0.5) is 11.5 Å². The lowest BCUT2D eigenvalue weighted by Gasteiger charge is -2.11. The summed E-state index contributed by atoms with van der Waals surface area (Å²) in [6, 6.07) is 7.47. The number of methoxy groups -OCH3 is 1. The van der Waals surface area contributed by atoms with Crippen LogP contribution in [0.3, 0.4) is 0 Å². The molecule has 0 aliphatic carbocycles. The van der Waals surface area contributed by atoms with E-state index in [4.69, 9.17) is 9.84 Å². The smallest absolute Gasteiger partial charge is 0.341 e. The van der Waals surface area contributed by atoms with Gasteiger partial charge in [-0.05, 0) is 6.07 Å². The van der Waals surface area contributed by atoms with Crippen molar-refractivity contribution in [2.45, 2.75) is 6.61 Å². The highest BCUT2D eigenvalue weighted by molar-refractivity contribution is 5.93. The molecule has 2 N–H and O–H groups in total. The number of ether oxygens (including phenoxy) is 1. The van der Waals surface area contributed by atoms with Crippen LogP contribution in [0, 0.1) is 0 Å². The normalized spacial score (nSPS) is 10.2. The van der Waals surface area contributed by atoms with Gasteiger partial charge in [0.25, 0.3) is 0 Å². The monoisotopic (exact) mass is 259 g/mol. The average Bonchev–Trinajstić information content (AvgIpc) is 2.42. The molecule has 2 aromatic rings. The van der Waals surface area contributed by atoms with Crippen LogP contribution in [0.5, 0.6) is 0 Å². The summed E-state index contributed by atoms with van der Waals surface area (Å²) in [7, 11) is 1.60. The van der Waals surface area contributed by atoms with Crippen molar-refractivity contribution in [1.29, 1.82) is 0 Å². The third-order valence-corrected chi connectivity index (χ3v) is 2.51. The number of nitrogens with zero attached hydrogens (tertiary/aromatic N) is 2. The number of carboxylic acid groups (broad SMARTS) is 1. The lowest BCUT2D eigenvalue weighted by atomic mass is 10.2. The number of aromatic nitrogens is 2. The second-order valence-corrected chi connectivity index (χ2v) is 3.81. The van der Waals surface area contributed by atoms with Crippen LogP contribution >= 0.6 is 0 Å². The summed E-state index contributed by atoms with van der Waals surface area (Å²) in [6.07, 6.45) is 2.56. The summed E-state index contributed by atoms with van der Waals surface area (Å²) >= 11 is 0. The predicted octanol–water partition coefficient (Wildman–Crippen LogP) is 2.06. The molecule has 98 valence electrons. The van der Waals surface area contributed by atoms with E-state index in [1.54, 1.807) is 7.11 Å². The van der Waals surface area contributed by atoms with Gasteiger partial charge < -0.3 is 15.2 Å². The standard InChI is InChI=1S/C13H13N3O3/c1-19-7-9-4-2-3-5-11(9)16-12-10(13(17)18)6-14-8-15-12/h2-6,8H,7H2,1H3,(H,17,18)(H,14,15,16). The van der Waals surface area contributed by atoms with Crippen LogP contribution in [0.25, 0.3) is 0 Å². The third-order valence-electron chi connectivity index (χ3n) is 2.51. The third kappa shape index (κ3) is 3.05. The van der Waals surface area contributed by atoms with Gasteiger partial charge in [0.2, 0.25) is 0 Å². The lowest BCUT2D eigenvalue weighted by molar-refractivity contribution is 0.0697. The number of benzene rings is 1. The number of carbonyl (C=O) groups is 1. The Labute approximate surface area is 110 Å².